The van der Waals surface area contributed by atoms with Gasteiger partial charge in [0.1, 0.15) is 5.82 Å². The van der Waals surface area contributed by atoms with Gasteiger partial charge in [-0.15, -0.1) is 10.2 Å². The molecule has 1 saturated carbocycles. The van der Waals surface area contributed by atoms with Crippen LogP contribution in [0.1, 0.15) is 48.6 Å². The maximum absolute atomic E-state index is 11.0. The molecule has 122 valence electrons. The monoisotopic (exact) mass is 314 g/mol. The second-order valence-corrected chi connectivity index (χ2v) is 6.90. The van der Waals surface area contributed by atoms with E-state index in [1.165, 1.54) is 28.9 Å². The molecule has 1 N–H and O–H groups in total. The standard InChI is InChI=1S/C17H22N4O2/c1-11-14(13-4-7-20(8-5-13)17(22)23)6-9-21-15(10-12-2-3-12)18-19-16(11)21/h6,9,12-13H,2-5,7-8,10H2,1H3,(H,22,23). The molecule has 2 fully saturated rings. The zero-order valence-corrected chi connectivity index (χ0v) is 13.4. The Balaban J connectivity index is 1.58. The number of piperidine rings is 1. The molecule has 0 radical (unpaired) electrons. The molecule has 2 aromatic heterocycles. The number of likely N-dealkylation sites (tertiary alicyclic amines) is 1. The highest BCUT2D eigenvalue weighted by molar-refractivity contribution is 5.65. The summed E-state index contributed by atoms with van der Waals surface area (Å²) in [5.41, 5.74) is 3.45. The van der Waals surface area contributed by atoms with Crippen molar-refractivity contribution < 1.29 is 9.90 Å². The van der Waals surface area contributed by atoms with Crippen LogP contribution in [0.15, 0.2) is 12.3 Å². The maximum atomic E-state index is 11.0. The Morgan fingerprint density at radius 1 is 1.26 bits per heavy atom. The lowest BCUT2D eigenvalue weighted by atomic mass is 9.87. The van der Waals surface area contributed by atoms with Crippen LogP contribution in [0.4, 0.5) is 4.79 Å². The molecule has 0 bridgehead atoms. The molecule has 3 heterocycles. The summed E-state index contributed by atoms with van der Waals surface area (Å²) in [7, 11) is 0. The molecule has 4 rings (SSSR count). The van der Waals surface area contributed by atoms with E-state index in [9.17, 15) is 4.79 Å². The largest absolute Gasteiger partial charge is 0.465 e. The summed E-state index contributed by atoms with van der Waals surface area (Å²) in [5.74, 6) is 2.28. The zero-order valence-electron chi connectivity index (χ0n) is 13.4. The van der Waals surface area contributed by atoms with Gasteiger partial charge in [-0.25, -0.2) is 4.79 Å². The lowest BCUT2D eigenvalue weighted by molar-refractivity contribution is 0.132. The van der Waals surface area contributed by atoms with Crippen LogP contribution in [-0.4, -0.2) is 43.8 Å². The summed E-state index contributed by atoms with van der Waals surface area (Å²) in [6.07, 6.45) is 6.70. The minimum Gasteiger partial charge on any atom is -0.465 e. The van der Waals surface area contributed by atoms with Crippen molar-refractivity contribution in [2.75, 3.05) is 13.1 Å². The summed E-state index contributed by atoms with van der Waals surface area (Å²) >= 11 is 0. The van der Waals surface area contributed by atoms with Crippen molar-refractivity contribution in [1.29, 1.82) is 0 Å². The number of carboxylic acid groups (broad SMARTS) is 1. The number of pyridine rings is 1. The minimum absolute atomic E-state index is 0.416. The Kier molecular flexibility index (Phi) is 3.47. The van der Waals surface area contributed by atoms with E-state index in [2.05, 4.69) is 33.8 Å². The number of nitrogens with zero attached hydrogens (tertiary/aromatic N) is 4. The van der Waals surface area contributed by atoms with E-state index in [4.69, 9.17) is 5.11 Å². The number of aryl methyl sites for hydroxylation is 1. The zero-order chi connectivity index (χ0) is 16.0. The van der Waals surface area contributed by atoms with Crippen molar-refractivity contribution in [3.05, 3.63) is 29.2 Å². The van der Waals surface area contributed by atoms with Crippen LogP contribution in [0.3, 0.4) is 0 Å². The van der Waals surface area contributed by atoms with Crippen molar-refractivity contribution >= 4 is 11.7 Å². The molecule has 2 aromatic rings. The number of fused-ring (bicyclic) bond motifs is 1. The molecule has 0 aromatic carbocycles. The Bertz CT molecular complexity index is 742. The van der Waals surface area contributed by atoms with Gasteiger partial charge in [-0.2, -0.15) is 0 Å². The van der Waals surface area contributed by atoms with Crippen LogP contribution >= 0.6 is 0 Å². The van der Waals surface area contributed by atoms with Gasteiger partial charge in [-0.05, 0) is 61.6 Å². The number of hydrogen-bond acceptors (Lipinski definition) is 3. The van der Waals surface area contributed by atoms with Crippen LogP contribution in [0.5, 0.6) is 0 Å². The molecule has 0 spiro atoms. The molecule has 1 aliphatic carbocycles. The number of rotatable bonds is 3. The quantitative estimate of drug-likeness (QED) is 0.945. The van der Waals surface area contributed by atoms with Gasteiger partial charge in [0.2, 0.25) is 0 Å². The first-order chi connectivity index (χ1) is 11.1. The van der Waals surface area contributed by atoms with Gasteiger partial charge in [0.15, 0.2) is 5.65 Å². The van der Waals surface area contributed by atoms with Gasteiger partial charge >= 0.3 is 6.09 Å². The molecule has 1 amide bonds. The molecule has 0 atom stereocenters. The van der Waals surface area contributed by atoms with Crippen molar-refractivity contribution in [3.63, 3.8) is 0 Å². The lowest BCUT2D eigenvalue weighted by Gasteiger charge is -2.31. The fourth-order valence-corrected chi connectivity index (χ4v) is 3.69. The molecular weight excluding hydrogens is 292 g/mol. The summed E-state index contributed by atoms with van der Waals surface area (Å²) in [6.45, 7) is 3.35. The summed E-state index contributed by atoms with van der Waals surface area (Å²) in [6, 6.07) is 2.18. The molecule has 6 nitrogen and oxygen atoms in total. The average molecular weight is 314 g/mol. The predicted octanol–water partition coefficient (Wildman–Crippen LogP) is 2.85. The number of aromatic nitrogens is 3. The topological polar surface area (TPSA) is 70.7 Å². The minimum atomic E-state index is -0.808. The van der Waals surface area contributed by atoms with Crippen LogP contribution in [-0.2, 0) is 6.42 Å². The van der Waals surface area contributed by atoms with E-state index < -0.39 is 6.09 Å². The molecule has 2 aliphatic rings. The summed E-state index contributed by atoms with van der Waals surface area (Å²) in [5, 5.41) is 17.9. The van der Waals surface area contributed by atoms with Crippen molar-refractivity contribution in [3.8, 4) is 0 Å². The van der Waals surface area contributed by atoms with Crippen LogP contribution in [0.2, 0.25) is 0 Å². The number of carbonyl (C=O) groups is 1. The van der Waals surface area contributed by atoms with Gasteiger partial charge < -0.3 is 10.0 Å². The highest BCUT2D eigenvalue weighted by Gasteiger charge is 2.27. The van der Waals surface area contributed by atoms with E-state index in [1.54, 1.807) is 0 Å². The summed E-state index contributed by atoms with van der Waals surface area (Å²) < 4.78 is 2.13. The van der Waals surface area contributed by atoms with E-state index in [0.717, 1.165) is 36.7 Å². The Morgan fingerprint density at radius 3 is 2.65 bits per heavy atom. The van der Waals surface area contributed by atoms with Crippen LogP contribution < -0.4 is 0 Å². The average Bonchev–Trinajstić information content (AvgIpc) is 3.27. The van der Waals surface area contributed by atoms with Crippen LogP contribution in [0, 0.1) is 12.8 Å². The first-order valence-electron chi connectivity index (χ1n) is 8.44. The third-order valence-electron chi connectivity index (χ3n) is 5.31. The first kappa shape index (κ1) is 14.5. The predicted molar refractivity (Wildman–Crippen MR) is 85.7 cm³/mol. The third-order valence-corrected chi connectivity index (χ3v) is 5.31. The molecule has 0 unspecified atom stereocenters. The third kappa shape index (κ3) is 2.66. The van der Waals surface area contributed by atoms with E-state index in [1.807, 2.05) is 0 Å². The molecule has 1 aliphatic heterocycles. The number of amides is 1. The first-order valence-corrected chi connectivity index (χ1v) is 8.44. The SMILES string of the molecule is Cc1c(C2CCN(C(=O)O)CC2)ccn2c(CC3CC3)nnc12. The second-order valence-electron chi connectivity index (χ2n) is 6.90. The molecule has 23 heavy (non-hydrogen) atoms. The lowest BCUT2D eigenvalue weighted by Crippen LogP contribution is -2.36. The van der Waals surface area contributed by atoms with Gasteiger partial charge in [-0.3, -0.25) is 4.40 Å². The number of hydrogen-bond donors (Lipinski definition) is 1. The van der Waals surface area contributed by atoms with Gasteiger partial charge in [0.25, 0.3) is 0 Å². The van der Waals surface area contributed by atoms with E-state index >= 15 is 0 Å². The maximum Gasteiger partial charge on any atom is 0.407 e. The summed E-state index contributed by atoms with van der Waals surface area (Å²) in [4.78, 5) is 12.5. The van der Waals surface area contributed by atoms with Crippen molar-refractivity contribution in [1.82, 2.24) is 19.5 Å². The normalized spacial score (nSPS) is 19.4. The Morgan fingerprint density at radius 2 is 2.00 bits per heavy atom. The van der Waals surface area contributed by atoms with Gasteiger partial charge in [-0.1, -0.05) is 0 Å². The molecule has 1 saturated heterocycles. The van der Waals surface area contributed by atoms with E-state index in [-0.39, 0.29) is 0 Å². The fourth-order valence-electron chi connectivity index (χ4n) is 3.69. The Hall–Kier alpha value is -2.11. The highest BCUT2D eigenvalue weighted by Crippen LogP contribution is 2.34. The van der Waals surface area contributed by atoms with Gasteiger partial charge in [0.05, 0.1) is 0 Å². The Labute approximate surface area is 135 Å². The fraction of sp³-hybridized carbons (Fsp3) is 0.588. The van der Waals surface area contributed by atoms with Crippen molar-refractivity contribution in [2.24, 2.45) is 5.92 Å². The van der Waals surface area contributed by atoms with Crippen LogP contribution in [0.25, 0.3) is 5.65 Å². The second kappa shape index (κ2) is 5.51. The highest BCUT2D eigenvalue weighted by atomic mass is 16.4. The van der Waals surface area contributed by atoms with Crippen molar-refractivity contribution in [2.45, 2.75) is 44.9 Å². The smallest absolute Gasteiger partial charge is 0.407 e. The van der Waals surface area contributed by atoms with E-state index in [0.29, 0.717) is 19.0 Å². The van der Waals surface area contributed by atoms with Gasteiger partial charge in [0, 0.05) is 25.7 Å². The molecule has 6 heteroatoms. The molecular formula is C17H22N4O2.